The van der Waals surface area contributed by atoms with Gasteiger partial charge >= 0.3 is 0 Å². The van der Waals surface area contributed by atoms with Crippen LogP contribution in [0.3, 0.4) is 0 Å². The van der Waals surface area contributed by atoms with E-state index in [1.807, 2.05) is 6.92 Å². The van der Waals surface area contributed by atoms with Gasteiger partial charge in [-0.1, -0.05) is 20.3 Å². The summed E-state index contributed by atoms with van der Waals surface area (Å²) in [6.07, 6.45) is 1.20. The Morgan fingerprint density at radius 1 is 1.22 bits per heavy atom. The van der Waals surface area contributed by atoms with Crippen molar-refractivity contribution in [2.75, 3.05) is 13.1 Å². The molecule has 0 aliphatic rings. The topological polar surface area (TPSA) is 24.7 Å². The molecule has 2 nitrogen and oxygen atoms in total. The Balaban J connectivity index is 3.15. The monoisotopic (exact) mass is 128 g/mol. The molecule has 0 saturated carbocycles. The van der Waals surface area contributed by atoms with Gasteiger partial charge in [-0.25, -0.2) is 0 Å². The molecule has 9 heavy (non-hydrogen) atoms. The second-order valence-electron chi connectivity index (χ2n) is 2.30. The van der Waals surface area contributed by atoms with E-state index in [1.54, 1.807) is 0 Å². The van der Waals surface area contributed by atoms with Crippen LogP contribution in [0, 0.1) is 5.92 Å². The molecular weight excluding hydrogens is 112 g/mol. The lowest BCUT2D eigenvalue weighted by molar-refractivity contribution is 0.560. The Hall–Kier alpha value is -0.400. The van der Waals surface area contributed by atoms with E-state index in [0.29, 0.717) is 5.92 Å². The summed E-state index contributed by atoms with van der Waals surface area (Å²) >= 11 is 0. The van der Waals surface area contributed by atoms with Gasteiger partial charge in [0.2, 0.25) is 0 Å². The Bertz CT molecular complexity index is 79.0. The van der Waals surface area contributed by atoms with Crippen LogP contribution in [0.2, 0.25) is 0 Å². The van der Waals surface area contributed by atoms with Gasteiger partial charge in [0.25, 0.3) is 0 Å². The summed E-state index contributed by atoms with van der Waals surface area (Å²) in [5.41, 5.74) is 0. The molecule has 0 saturated heterocycles. The summed E-state index contributed by atoms with van der Waals surface area (Å²) in [5, 5.41) is 7.87. The van der Waals surface area contributed by atoms with Crippen LogP contribution < -0.4 is 0 Å². The first-order chi connectivity index (χ1) is 4.31. The van der Waals surface area contributed by atoms with Gasteiger partial charge in [-0.15, -0.1) is 0 Å². The van der Waals surface area contributed by atoms with Gasteiger partial charge in [-0.2, -0.15) is 10.2 Å². The zero-order chi connectivity index (χ0) is 7.11. The van der Waals surface area contributed by atoms with Gasteiger partial charge < -0.3 is 0 Å². The molecule has 0 radical (unpaired) electrons. The standard InChI is InChI=1S/C7H16N2/c1-4-7(3)6-9-8-5-2/h7H,4-6H2,1-3H3. The number of hydrogen-bond acceptors (Lipinski definition) is 2. The third-order valence-electron chi connectivity index (χ3n) is 1.33. The quantitative estimate of drug-likeness (QED) is 0.520. The smallest absolute Gasteiger partial charge is 0.0624 e. The van der Waals surface area contributed by atoms with E-state index in [-0.39, 0.29) is 0 Å². The maximum Gasteiger partial charge on any atom is 0.0624 e. The summed E-state index contributed by atoms with van der Waals surface area (Å²) in [6, 6.07) is 0. The third kappa shape index (κ3) is 5.47. The van der Waals surface area contributed by atoms with Gasteiger partial charge in [0.15, 0.2) is 0 Å². The first-order valence-corrected chi connectivity index (χ1v) is 3.64. The Kier molecular flexibility index (Phi) is 5.48. The molecule has 0 aromatic rings. The summed E-state index contributed by atoms with van der Waals surface area (Å²) in [5.74, 6) is 0.695. The van der Waals surface area contributed by atoms with Crippen LogP contribution >= 0.6 is 0 Å². The second kappa shape index (κ2) is 5.73. The fourth-order valence-electron chi connectivity index (χ4n) is 0.426. The number of azo groups is 1. The van der Waals surface area contributed by atoms with Crippen LogP contribution in [-0.2, 0) is 0 Å². The van der Waals surface area contributed by atoms with Gasteiger partial charge in [-0.3, -0.25) is 0 Å². The third-order valence-corrected chi connectivity index (χ3v) is 1.33. The minimum Gasteiger partial charge on any atom is -0.194 e. The van der Waals surface area contributed by atoms with E-state index < -0.39 is 0 Å². The molecule has 0 spiro atoms. The minimum atomic E-state index is 0.695. The van der Waals surface area contributed by atoms with Crippen molar-refractivity contribution in [2.24, 2.45) is 16.1 Å². The maximum absolute atomic E-state index is 3.99. The molecule has 0 heterocycles. The molecule has 0 rings (SSSR count). The summed E-state index contributed by atoms with van der Waals surface area (Å²) in [7, 11) is 0. The summed E-state index contributed by atoms with van der Waals surface area (Å²) in [4.78, 5) is 0. The van der Waals surface area contributed by atoms with E-state index in [1.165, 1.54) is 6.42 Å². The minimum absolute atomic E-state index is 0.695. The van der Waals surface area contributed by atoms with Gasteiger partial charge in [0, 0.05) is 0 Å². The molecule has 0 aromatic heterocycles. The average Bonchev–Trinajstić information content (AvgIpc) is 1.89. The van der Waals surface area contributed by atoms with Gasteiger partial charge in [0.05, 0.1) is 13.1 Å². The number of hydrogen-bond donors (Lipinski definition) is 0. The highest BCUT2D eigenvalue weighted by Crippen LogP contribution is 1.99. The SMILES string of the molecule is CCN=NCC(C)CC. The lowest BCUT2D eigenvalue weighted by atomic mass is 10.1. The van der Waals surface area contributed by atoms with Crippen LogP contribution in [0.15, 0.2) is 10.2 Å². The van der Waals surface area contributed by atoms with Crippen LogP contribution in [0.1, 0.15) is 27.2 Å². The zero-order valence-corrected chi connectivity index (χ0v) is 6.59. The molecule has 2 heteroatoms. The largest absolute Gasteiger partial charge is 0.194 e. The Morgan fingerprint density at radius 2 is 1.89 bits per heavy atom. The van der Waals surface area contributed by atoms with Crippen molar-refractivity contribution in [2.45, 2.75) is 27.2 Å². The van der Waals surface area contributed by atoms with E-state index in [0.717, 1.165) is 13.1 Å². The molecule has 0 aromatic carbocycles. The van der Waals surface area contributed by atoms with Crippen LogP contribution in [0.4, 0.5) is 0 Å². The predicted octanol–water partition coefficient (Wildman–Crippen LogP) is 2.50. The highest BCUT2D eigenvalue weighted by atomic mass is 15.1. The first kappa shape index (κ1) is 8.60. The number of rotatable bonds is 4. The van der Waals surface area contributed by atoms with Crippen molar-refractivity contribution in [1.82, 2.24) is 0 Å². The molecule has 54 valence electrons. The highest BCUT2D eigenvalue weighted by molar-refractivity contribution is 4.49. The van der Waals surface area contributed by atoms with Crippen molar-refractivity contribution < 1.29 is 0 Å². The van der Waals surface area contributed by atoms with Gasteiger partial charge in [0.1, 0.15) is 0 Å². The number of nitrogens with zero attached hydrogens (tertiary/aromatic N) is 2. The fraction of sp³-hybridized carbons (Fsp3) is 1.00. The lowest BCUT2D eigenvalue weighted by Gasteiger charge is -1.99. The van der Waals surface area contributed by atoms with E-state index in [4.69, 9.17) is 0 Å². The fourth-order valence-corrected chi connectivity index (χ4v) is 0.426. The van der Waals surface area contributed by atoms with Crippen molar-refractivity contribution in [3.63, 3.8) is 0 Å². The maximum atomic E-state index is 3.99. The first-order valence-electron chi connectivity index (χ1n) is 3.64. The van der Waals surface area contributed by atoms with Crippen LogP contribution in [-0.4, -0.2) is 13.1 Å². The van der Waals surface area contributed by atoms with Gasteiger partial charge in [-0.05, 0) is 12.8 Å². The lowest BCUT2D eigenvalue weighted by Crippen LogP contribution is -1.95. The summed E-state index contributed by atoms with van der Waals surface area (Å²) in [6.45, 7) is 8.07. The second-order valence-corrected chi connectivity index (χ2v) is 2.30. The Labute approximate surface area is 57.4 Å². The van der Waals surface area contributed by atoms with Crippen molar-refractivity contribution >= 4 is 0 Å². The summed E-state index contributed by atoms with van der Waals surface area (Å²) < 4.78 is 0. The normalized spacial score (nSPS) is 14.6. The average molecular weight is 128 g/mol. The molecule has 1 atom stereocenters. The molecular formula is C7H16N2. The molecule has 0 aliphatic carbocycles. The van der Waals surface area contributed by atoms with Crippen LogP contribution in [0.5, 0.6) is 0 Å². The van der Waals surface area contributed by atoms with Crippen molar-refractivity contribution in [3.05, 3.63) is 0 Å². The molecule has 1 unspecified atom stereocenters. The molecule has 0 amide bonds. The highest BCUT2D eigenvalue weighted by Gasteiger charge is 1.93. The van der Waals surface area contributed by atoms with E-state index >= 15 is 0 Å². The molecule has 0 aliphatic heterocycles. The van der Waals surface area contributed by atoms with Crippen molar-refractivity contribution in [3.8, 4) is 0 Å². The zero-order valence-electron chi connectivity index (χ0n) is 6.59. The predicted molar refractivity (Wildman–Crippen MR) is 39.7 cm³/mol. The molecule has 0 bridgehead atoms. The van der Waals surface area contributed by atoms with E-state index in [2.05, 4.69) is 24.1 Å². The van der Waals surface area contributed by atoms with Crippen LogP contribution in [0.25, 0.3) is 0 Å². The molecule has 0 fully saturated rings. The molecule has 0 N–H and O–H groups in total. The Morgan fingerprint density at radius 3 is 2.33 bits per heavy atom. The van der Waals surface area contributed by atoms with Crippen molar-refractivity contribution in [1.29, 1.82) is 0 Å². The van der Waals surface area contributed by atoms with E-state index in [9.17, 15) is 0 Å².